The Hall–Kier alpha value is -7.44. The number of benzene rings is 2. The summed E-state index contributed by atoms with van der Waals surface area (Å²) >= 11 is 6.71. The largest absolute Gasteiger partial charge is 0.361 e. The van der Waals surface area contributed by atoms with Crippen LogP contribution in [0.1, 0.15) is 120 Å². The van der Waals surface area contributed by atoms with Crippen LogP contribution in [0.4, 0.5) is 0 Å². The number of fused-ring (bicyclic) bond motifs is 2. The zero-order valence-electron chi connectivity index (χ0n) is 61.8. The van der Waals surface area contributed by atoms with Gasteiger partial charge in [-0.25, -0.2) is 0 Å². The van der Waals surface area contributed by atoms with Gasteiger partial charge in [0.15, 0.2) is 0 Å². The molecule has 6 fully saturated rings. The number of amides is 12. The Bertz CT molecular complexity index is 3110. The maximum absolute atomic E-state index is 12.7. The maximum atomic E-state index is 12.7. The lowest BCUT2D eigenvalue weighted by Crippen LogP contribution is -2.64. The van der Waals surface area contributed by atoms with E-state index in [-0.39, 0.29) is 167 Å². The van der Waals surface area contributed by atoms with Gasteiger partial charge in [0.25, 0.3) is 0 Å². The summed E-state index contributed by atoms with van der Waals surface area (Å²) in [6, 6.07) is 11.1. The Kier molecular flexibility index (Phi) is 34.9. The smallest absolute Gasteiger partial charge is 0.243 e. The van der Waals surface area contributed by atoms with E-state index in [9.17, 15) is 57.5 Å². The molecule has 6 aliphatic rings. The van der Waals surface area contributed by atoms with Crippen molar-refractivity contribution >= 4 is 140 Å². The third-order valence-corrected chi connectivity index (χ3v) is 20.5. The second-order valence-electron chi connectivity index (χ2n) is 28.0. The molecule has 12 atom stereocenters. The molecule has 0 unspecified atom stereocenters. The number of carbonyl (C=O) groups is 12. The minimum absolute atomic E-state index is 0.0419. The number of aromatic amines is 2. The Morgan fingerprint density at radius 3 is 0.676 bits per heavy atom. The number of aromatic nitrogens is 2. The first-order chi connectivity index (χ1) is 48.3. The molecule has 102 heavy (non-hydrogen) atoms. The Labute approximate surface area is 617 Å². The van der Waals surface area contributed by atoms with E-state index in [0.29, 0.717) is 38.5 Å². The van der Waals surface area contributed by atoms with Crippen molar-refractivity contribution in [2.24, 2.45) is 35.5 Å². The molecule has 14 N–H and O–H groups in total. The van der Waals surface area contributed by atoms with Crippen LogP contribution in [0.15, 0.2) is 60.9 Å². The van der Waals surface area contributed by atoms with E-state index in [4.69, 9.17) is 0 Å². The van der Waals surface area contributed by atoms with Crippen LogP contribution in [0, 0.1) is 35.5 Å². The normalized spacial score (nSPS) is 24.8. The number of rotatable bonds is 22. The average Bonchev–Trinajstić information content (AvgIpc) is 1.12. The summed E-state index contributed by atoms with van der Waals surface area (Å²) < 4.78 is 0. The third kappa shape index (κ3) is 24.9. The van der Waals surface area contributed by atoms with E-state index in [1.54, 1.807) is 47.0 Å². The Morgan fingerprint density at radius 1 is 0.275 bits per heavy atom. The topological polar surface area (TPSA) is 381 Å². The van der Waals surface area contributed by atoms with Crippen molar-refractivity contribution in [3.05, 3.63) is 72.1 Å². The van der Waals surface area contributed by atoms with Crippen molar-refractivity contribution in [3.8, 4) is 0 Å². The third-order valence-electron chi connectivity index (χ3n) is 17.9. The monoisotopic (exact) mass is 1490 g/mol. The first-order valence-electron chi connectivity index (χ1n) is 35.1. The number of nitrogens with one attached hydrogen (secondary N) is 14. The van der Waals surface area contributed by atoms with Crippen molar-refractivity contribution in [1.29, 1.82) is 0 Å². The molecule has 2 aromatic carbocycles. The molecule has 4 aromatic rings. The molecule has 564 valence electrons. The van der Waals surface area contributed by atoms with Crippen LogP contribution >= 0.6 is 47.0 Å². The van der Waals surface area contributed by atoms with E-state index in [2.05, 4.69) is 73.8 Å². The number of carbonyl (C=O) groups excluding carboxylic acids is 12. The molecular weight excluding hydrogens is 1380 g/mol. The molecule has 0 bridgehead atoms. The van der Waals surface area contributed by atoms with Gasteiger partial charge in [-0.15, -0.1) is 0 Å². The van der Waals surface area contributed by atoms with Gasteiger partial charge in [0, 0.05) is 47.0 Å². The number of hydrogen-bond donors (Lipinski definition) is 14. The first kappa shape index (κ1) is 85.2. The summed E-state index contributed by atoms with van der Waals surface area (Å²) in [5.74, 6) is 3.44. The minimum Gasteiger partial charge on any atom is -0.361 e. The molecular formula is C72H110N14O12S4. The highest BCUT2D eigenvalue weighted by Crippen LogP contribution is 2.24. The summed E-state index contributed by atoms with van der Waals surface area (Å²) in [5, 5.41) is 35.6. The van der Waals surface area contributed by atoms with Crippen LogP contribution < -0.4 is 63.8 Å². The van der Waals surface area contributed by atoms with Crippen molar-refractivity contribution in [1.82, 2.24) is 73.8 Å². The fraction of sp³-hybridized carbons (Fsp3) is 0.611. The van der Waals surface area contributed by atoms with Crippen molar-refractivity contribution < 1.29 is 57.5 Å². The highest BCUT2D eigenvalue weighted by Gasteiger charge is 2.41. The molecule has 0 aliphatic carbocycles. The van der Waals surface area contributed by atoms with Gasteiger partial charge < -0.3 is 73.8 Å². The van der Waals surface area contributed by atoms with Gasteiger partial charge in [0.1, 0.15) is 72.5 Å². The number of para-hydroxylation sites is 2. The first-order valence-corrected chi connectivity index (χ1v) is 40.6. The Morgan fingerprint density at radius 2 is 0.471 bits per heavy atom. The molecule has 10 rings (SSSR count). The molecule has 0 spiro atoms. The summed E-state index contributed by atoms with van der Waals surface area (Å²) in [6.45, 7) is 23.0. The van der Waals surface area contributed by atoms with Crippen LogP contribution in [0.2, 0.25) is 0 Å². The van der Waals surface area contributed by atoms with Crippen LogP contribution in [0.5, 0.6) is 0 Å². The van der Waals surface area contributed by atoms with E-state index in [0.717, 1.165) is 55.9 Å². The van der Waals surface area contributed by atoms with Crippen LogP contribution in [0.25, 0.3) is 21.8 Å². The van der Waals surface area contributed by atoms with Gasteiger partial charge in [-0.05, 0) is 132 Å². The average molecular weight is 1490 g/mol. The number of piperazine rings is 6. The summed E-state index contributed by atoms with van der Waals surface area (Å²) in [5.41, 5.74) is 4.09. The van der Waals surface area contributed by atoms with E-state index in [1.807, 2.05) is 169 Å². The van der Waals surface area contributed by atoms with Crippen molar-refractivity contribution in [2.75, 3.05) is 48.0 Å². The predicted molar refractivity (Wildman–Crippen MR) is 408 cm³/mol. The standard InChI is InChI=1S/C22H20N4O2.2C10H18N2O2S2.3C10H18N2O2/c27-21-19(9-13-11-23-17-7-3-1-5-15(13)17)25-22(28)20(26-21)10-14-12-24-18-8-4-2-6-16(14)18;2*1-15-5-3-7-9(13)12-8(4-6-16-2)10(14)11-7;3*1-5(2)7-9(13)12-8(6(3)4)10(14)11-7/h1-8,11-12,19-20,23-24H,9-10H2,(H,25,28)(H,26,27);2*7-8H,3-6H2,1-2H3,(H,11,14)(H,12,13);3*5-8H,1-4H3,(H,11,14)(H,12,13)/t19-,20-;7-,8+;7-,8-;7-,8+;2*7-,8-/m0.1.10/s1. The Balaban J connectivity index is 0.000000226. The van der Waals surface area contributed by atoms with Crippen molar-refractivity contribution in [3.63, 3.8) is 0 Å². The summed E-state index contributed by atoms with van der Waals surface area (Å²) in [7, 11) is 0. The second kappa shape index (κ2) is 41.8. The lowest BCUT2D eigenvalue weighted by atomic mass is 9.95. The number of hydrogen-bond acceptors (Lipinski definition) is 16. The zero-order chi connectivity index (χ0) is 75.7. The molecule has 0 radical (unpaired) electrons. The maximum Gasteiger partial charge on any atom is 0.243 e. The quantitative estimate of drug-likeness (QED) is 0.0524. The fourth-order valence-corrected chi connectivity index (χ4v) is 13.7. The zero-order valence-corrected chi connectivity index (χ0v) is 65.0. The fourth-order valence-electron chi connectivity index (χ4n) is 11.8. The van der Waals surface area contributed by atoms with Gasteiger partial charge in [-0.3, -0.25) is 57.5 Å². The summed E-state index contributed by atoms with van der Waals surface area (Å²) in [4.78, 5) is 148. The lowest BCUT2D eigenvalue weighted by molar-refractivity contribution is -0.138. The molecule has 6 saturated heterocycles. The van der Waals surface area contributed by atoms with Crippen molar-refractivity contribution in [2.45, 2.75) is 194 Å². The molecule has 30 heteroatoms. The van der Waals surface area contributed by atoms with Gasteiger partial charge in [0.2, 0.25) is 70.9 Å². The van der Waals surface area contributed by atoms with Gasteiger partial charge in [-0.1, -0.05) is 119 Å². The van der Waals surface area contributed by atoms with E-state index < -0.39 is 12.1 Å². The number of thioether (sulfide) groups is 4. The van der Waals surface area contributed by atoms with Gasteiger partial charge in [-0.2, -0.15) is 47.0 Å². The SMILES string of the molecule is CC(C)[C@@H]1NC(=O)[C@@H](C(C)C)NC1=O.CC(C)[C@@H]1NC(=O)[C@H](C(C)C)NC1=O.CC(C)[C@H]1NC(=O)[C@@H](C(C)C)NC1=O.CSCC[C@@H]1NC(=O)[C@@H](CCSC)NC1=O.CSCC[C@H]1NC(=O)[C@@H](CCSC)NC1=O.O=C1N[C@@H](Cc2c[nH]c3ccccc23)C(=O)N[C@H]1Cc1c[nH]c2ccccc12. The van der Waals surface area contributed by atoms with E-state index in [1.165, 1.54) is 0 Å². The predicted octanol–water partition coefficient (Wildman–Crippen LogP) is 4.21. The molecule has 26 nitrogen and oxygen atoms in total. The lowest BCUT2D eigenvalue weighted by Gasteiger charge is -2.33. The number of H-pyrrole nitrogens is 2. The second-order valence-corrected chi connectivity index (χ2v) is 31.9. The van der Waals surface area contributed by atoms with E-state index >= 15 is 0 Å². The molecule has 8 heterocycles. The highest BCUT2D eigenvalue weighted by atomic mass is 32.2. The molecule has 2 aromatic heterocycles. The highest BCUT2D eigenvalue weighted by molar-refractivity contribution is 7.99. The summed E-state index contributed by atoms with van der Waals surface area (Å²) in [6.07, 6.45) is 15.5. The van der Waals surface area contributed by atoms with Crippen LogP contribution in [-0.4, -0.2) is 201 Å². The van der Waals surface area contributed by atoms with Gasteiger partial charge >= 0.3 is 0 Å². The van der Waals surface area contributed by atoms with Crippen LogP contribution in [0.3, 0.4) is 0 Å². The van der Waals surface area contributed by atoms with Crippen LogP contribution in [-0.2, 0) is 70.4 Å². The van der Waals surface area contributed by atoms with Gasteiger partial charge in [0.05, 0.1) is 0 Å². The molecule has 6 aliphatic heterocycles. The minimum atomic E-state index is -0.564. The molecule has 12 amide bonds. The molecule has 0 saturated carbocycles.